The van der Waals surface area contributed by atoms with Crippen LogP contribution in [0.2, 0.25) is 0 Å². The number of rotatable bonds is 5. The van der Waals surface area contributed by atoms with E-state index in [2.05, 4.69) is 24.1 Å². The van der Waals surface area contributed by atoms with E-state index < -0.39 is 0 Å². The topological polar surface area (TPSA) is 24.9 Å². The van der Waals surface area contributed by atoms with Crippen molar-refractivity contribution in [2.75, 3.05) is 6.54 Å². The Kier molecular flexibility index (Phi) is 4.66. The van der Waals surface area contributed by atoms with Crippen LogP contribution in [0.4, 0.5) is 4.39 Å². The van der Waals surface area contributed by atoms with Crippen molar-refractivity contribution < 1.29 is 4.39 Å². The van der Waals surface area contributed by atoms with E-state index in [1.807, 2.05) is 12.3 Å². The standard InChI is InChI=1S/C15H19FN2S/c1-10(2)7-17-8-13-9-18-15(19-13)12-5-4-11(3)14(16)6-12/h4-6,9-10,17H,7-8H2,1-3H3. The number of thiazole rings is 1. The van der Waals surface area contributed by atoms with Crippen molar-refractivity contribution in [3.8, 4) is 10.6 Å². The SMILES string of the molecule is Cc1ccc(-c2ncc(CNCC(C)C)s2)cc1F. The van der Waals surface area contributed by atoms with Crippen molar-refractivity contribution in [2.24, 2.45) is 5.92 Å². The molecule has 1 heterocycles. The summed E-state index contributed by atoms with van der Waals surface area (Å²) in [7, 11) is 0. The maximum Gasteiger partial charge on any atom is 0.126 e. The van der Waals surface area contributed by atoms with E-state index in [0.717, 1.165) is 23.7 Å². The molecular weight excluding hydrogens is 259 g/mol. The molecule has 19 heavy (non-hydrogen) atoms. The van der Waals surface area contributed by atoms with Crippen molar-refractivity contribution in [1.29, 1.82) is 0 Å². The molecule has 0 aliphatic carbocycles. The number of nitrogens with zero attached hydrogens (tertiary/aromatic N) is 1. The fraction of sp³-hybridized carbons (Fsp3) is 0.400. The van der Waals surface area contributed by atoms with Gasteiger partial charge in [0.2, 0.25) is 0 Å². The Balaban J connectivity index is 2.05. The number of hydrogen-bond donors (Lipinski definition) is 1. The van der Waals surface area contributed by atoms with Crippen molar-refractivity contribution in [3.63, 3.8) is 0 Å². The molecule has 2 rings (SSSR count). The first-order valence-corrected chi connectivity index (χ1v) is 7.30. The molecule has 0 fully saturated rings. The van der Waals surface area contributed by atoms with E-state index in [9.17, 15) is 4.39 Å². The van der Waals surface area contributed by atoms with Crippen molar-refractivity contribution in [2.45, 2.75) is 27.3 Å². The van der Waals surface area contributed by atoms with E-state index in [1.165, 1.54) is 4.88 Å². The number of aromatic nitrogens is 1. The highest BCUT2D eigenvalue weighted by Crippen LogP contribution is 2.26. The summed E-state index contributed by atoms with van der Waals surface area (Å²) >= 11 is 1.61. The lowest BCUT2D eigenvalue weighted by atomic mass is 10.1. The molecule has 0 saturated heterocycles. The Hall–Kier alpha value is -1.26. The van der Waals surface area contributed by atoms with Crippen molar-refractivity contribution >= 4 is 11.3 Å². The van der Waals surface area contributed by atoms with Crippen LogP contribution in [0.15, 0.2) is 24.4 Å². The van der Waals surface area contributed by atoms with Crippen LogP contribution < -0.4 is 5.32 Å². The Labute approximate surface area is 117 Å². The first-order valence-electron chi connectivity index (χ1n) is 6.48. The smallest absolute Gasteiger partial charge is 0.126 e. The van der Waals surface area contributed by atoms with Gasteiger partial charge in [-0.2, -0.15) is 0 Å². The third kappa shape index (κ3) is 3.85. The lowest BCUT2D eigenvalue weighted by molar-refractivity contribution is 0.554. The highest BCUT2D eigenvalue weighted by Gasteiger charge is 2.07. The minimum absolute atomic E-state index is 0.174. The van der Waals surface area contributed by atoms with Gasteiger partial charge in [0.1, 0.15) is 10.8 Å². The summed E-state index contributed by atoms with van der Waals surface area (Å²) in [5, 5.41) is 4.26. The molecule has 2 aromatic rings. The molecule has 0 atom stereocenters. The lowest BCUT2D eigenvalue weighted by Crippen LogP contribution is -2.18. The third-order valence-electron chi connectivity index (χ3n) is 2.82. The van der Waals surface area contributed by atoms with Gasteiger partial charge < -0.3 is 5.32 Å². The van der Waals surface area contributed by atoms with Crippen molar-refractivity contribution in [1.82, 2.24) is 10.3 Å². The van der Waals surface area contributed by atoms with Gasteiger partial charge >= 0.3 is 0 Å². The van der Waals surface area contributed by atoms with E-state index in [0.29, 0.717) is 11.5 Å². The van der Waals surface area contributed by atoms with Gasteiger partial charge in [0.25, 0.3) is 0 Å². The van der Waals surface area contributed by atoms with E-state index in [-0.39, 0.29) is 5.82 Å². The summed E-state index contributed by atoms with van der Waals surface area (Å²) in [6, 6.07) is 5.27. The predicted molar refractivity (Wildman–Crippen MR) is 78.8 cm³/mol. The van der Waals surface area contributed by atoms with Crippen LogP contribution >= 0.6 is 11.3 Å². The Morgan fingerprint density at radius 3 is 2.84 bits per heavy atom. The zero-order valence-electron chi connectivity index (χ0n) is 11.5. The molecule has 1 aromatic heterocycles. The number of aryl methyl sites for hydroxylation is 1. The van der Waals surface area contributed by atoms with Crippen LogP contribution in [0.25, 0.3) is 10.6 Å². The molecule has 0 aliphatic rings. The predicted octanol–water partition coefficient (Wildman–Crippen LogP) is 4.00. The van der Waals surface area contributed by atoms with Gasteiger partial charge in [0, 0.05) is 23.2 Å². The second-order valence-electron chi connectivity index (χ2n) is 5.12. The number of halogens is 1. The largest absolute Gasteiger partial charge is 0.312 e. The zero-order valence-corrected chi connectivity index (χ0v) is 12.4. The Bertz CT molecular complexity index is 549. The molecule has 4 heteroatoms. The minimum Gasteiger partial charge on any atom is -0.312 e. The summed E-state index contributed by atoms with van der Waals surface area (Å²) in [6.07, 6.45) is 1.87. The monoisotopic (exact) mass is 278 g/mol. The molecule has 102 valence electrons. The van der Waals surface area contributed by atoms with Crippen LogP contribution in [0.1, 0.15) is 24.3 Å². The average Bonchev–Trinajstić information content (AvgIpc) is 2.81. The fourth-order valence-corrected chi connectivity index (χ4v) is 2.61. The fourth-order valence-electron chi connectivity index (χ4n) is 1.73. The van der Waals surface area contributed by atoms with Gasteiger partial charge in [0.05, 0.1) is 0 Å². The Morgan fingerprint density at radius 2 is 2.16 bits per heavy atom. The van der Waals surface area contributed by atoms with Gasteiger partial charge in [-0.05, 0) is 31.0 Å². The maximum absolute atomic E-state index is 13.5. The molecule has 0 saturated carbocycles. The van der Waals surface area contributed by atoms with Crippen LogP contribution in [0, 0.1) is 18.7 Å². The molecule has 2 nitrogen and oxygen atoms in total. The Morgan fingerprint density at radius 1 is 1.37 bits per heavy atom. The molecule has 0 radical (unpaired) electrons. The van der Waals surface area contributed by atoms with Gasteiger partial charge in [-0.25, -0.2) is 9.37 Å². The van der Waals surface area contributed by atoms with E-state index in [4.69, 9.17) is 0 Å². The van der Waals surface area contributed by atoms with Gasteiger partial charge in [0.15, 0.2) is 0 Å². The summed E-state index contributed by atoms with van der Waals surface area (Å²) in [6.45, 7) is 7.94. The molecule has 1 aromatic carbocycles. The lowest BCUT2D eigenvalue weighted by Gasteiger charge is -2.04. The first-order chi connectivity index (χ1) is 9.06. The van der Waals surface area contributed by atoms with Crippen molar-refractivity contribution in [3.05, 3.63) is 40.7 Å². The molecule has 0 spiro atoms. The normalized spacial score (nSPS) is 11.2. The first kappa shape index (κ1) is 14.2. The molecular formula is C15H19FN2S. The van der Waals surface area contributed by atoms with Gasteiger partial charge in [-0.15, -0.1) is 11.3 Å². The van der Waals surface area contributed by atoms with Crippen LogP contribution in [-0.2, 0) is 6.54 Å². The maximum atomic E-state index is 13.5. The summed E-state index contributed by atoms with van der Waals surface area (Å²) in [5.74, 6) is 0.464. The van der Waals surface area contributed by atoms with Crippen LogP contribution in [0.3, 0.4) is 0 Å². The number of benzene rings is 1. The molecule has 0 unspecified atom stereocenters. The van der Waals surface area contributed by atoms with Crippen LogP contribution in [0.5, 0.6) is 0 Å². The van der Waals surface area contributed by atoms with E-state index >= 15 is 0 Å². The van der Waals surface area contributed by atoms with Crippen LogP contribution in [-0.4, -0.2) is 11.5 Å². The summed E-state index contributed by atoms with van der Waals surface area (Å²) < 4.78 is 13.5. The second kappa shape index (κ2) is 6.26. The zero-order chi connectivity index (χ0) is 13.8. The van der Waals surface area contributed by atoms with Gasteiger partial charge in [-0.1, -0.05) is 26.0 Å². The number of hydrogen-bond acceptors (Lipinski definition) is 3. The molecule has 1 N–H and O–H groups in total. The highest BCUT2D eigenvalue weighted by molar-refractivity contribution is 7.15. The summed E-state index contributed by atoms with van der Waals surface area (Å²) in [5.41, 5.74) is 1.52. The summed E-state index contributed by atoms with van der Waals surface area (Å²) in [4.78, 5) is 5.54. The average molecular weight is 278 g/mol. The van der Waals surface area contributed by atoms with Gasteiger partial charge in [-0.3, -0.25) is 0 Å². The molecule has 0 aliphatic heterocycles. The minimum atomic E-state index is -0.174. The quantitative estimate of drug-likeness (QED) is 0.894. The molecule has 0 bridgehead atoms. The highest BCUT2D eigenvalue weighted by atomic mass is 32.1. The van der Waals surface area contributed by atoms with E-state index in [1.54, 1.807) is 30.4 Å². The third-order valence-corrected chi connectivity index (χ3v) is 3.87. The second-order valence-corrected chi connectivity index (χ2v) is 6.24. The molecule has 0 amide bonds. The number of nitrogens with one attached hydrogen (secondary N) is 1.